The Morgan fingerprint density at radius 3 is 2.33 bits per heavy atom. The molecule has 0 fully saturated rings. The van der Waals surface area contributed by atoms with Crippen LogP contribution in [0.3, 0.4) is 0 Å². The molecular weight excluding hydrogens is 404 g/mol. The van der Waals surface area contributed by atoms with E-state index in [0.717, 1.165) is 35.3 Å². The van der Waals surface area contributed by atoms with Crippen molar-refractivity contribution in [1.29, 1.82) is 0 Å². The van der Waals surface area contributed by atoms with Gasteiger partial charge in [-0.1, -0.05) is 54.6 Å². The van der Waals surface area contributed by atoms with Gasteiger partial charge in [0.2, 0.25) is 0 Å². The Kier molecular flexibility index (Phi) is 4.58. The predicted molar refractivity (Wildman–Crippen MR) is 136 cm³/mol. The Labute approximate surface area is 194 Å². The molecule has 6 rings (SSSR count). The lowest BCUT2D eigenvalue weighted by atomic mass is 9.95. The third-order valence-electron chi connectivity index (χ3n) is 6.86. The van der Waals surface area contributed by atoms with E-state index in [-0.39, 0.29) is 11.9 Å². The van der Waals surface area contributed by atoms with Crippen LogP contribution in [0.2, 0.25) is 0 Å². The summed E-state index contributed by atoms with van der Waals surface area (Å²) in [5.41, 5.74) is 8.77. The molecule has 1 atom stereocenters. The van der Waals surface area contributed by atoms with E-state index in [1.807, 2.05) is 29.2 Å². The van der Waals surface area contributed by atoms with Crippen LogP contribution in [0.15, 0.2) is 90.6 Å². The highest BCUT2D eigenvalue weighted by molar-refractivity contribution is 6.11. The zero-order valence-corrected chi connectivity index (χ0v) is 18.9. The predicted octanol–water partition coefficient (Wildman–Crippen LogP) is 6.64. The molecule has 0 aromatic heterocycles. The summed E-state index contributed by atoms with van der Waals surface area (Å²) in [5, 5.41) is 6.03. The molecule has 33 heavy (non-hydrogen) atoms. The molecular formula is C30H26N2O. The molecule has 2 aliphatic rings. The maximum absolute atomic E-state index is 13.8. The number of nitrogens with zero attached hydrogens (tertiary/aromatic N) is 1. The van der Waals surface area contributed by atoms with E-state index in [2.05, 4.69) is 79.8 Å². The average Bonchev–Trinajstić information content (AvgIpc) is 3.37. The first-order valence-corrected chi connectivity index (χ1v) is 11.6. The minimum absolute atomic E-state index is 0.00430. The van der Waals surface area contributed by atoms with Crippen molar-refractivity contribution < 1.29 is 4.79 Å². The Morgan fingerprint density at radius 1 is 0.818 bits per heavy atom. The van der Waals surface area contributed by atoms with Gasteiger partial charge < -0.3 is 5.32 Å². The normalized spacial score (nSPS) is 17.0. The summed E-state index contributed by atoms with van der Waals surface area (Å²) in [5.74, 6) is -0.00430. The quantitative estimate of drug-likeness (QED) is 0.394. The van der Waals surface area contributed by atoms with Crippen LogP contribution in [0.1, 0.15) is 33.9 Å². The summed E-state index contributed by atoms with van der Waals surface area (Å²) in [6, 6.07) is 27.3. The van der Waals surface area contributed by atoms with Gasteiger partial charge >= 0.3 is 0 Å². The van der Waals surface area contributed by atoms with E-state index in [1.54, 1.807) is 0 Å². The maximum atomic E-state index is 13.8. The fraction of sp³-hybridized carbons (Fsp3) is 0.167. The summed E-state index contributed by atoms with van der Waals surface area (Å²) in [7, 11) is 0. The minimum atomic E-state index is -0.170. The fourth-order valence-corrected chi connectivity index (χ4v) is 5.35. The zero-order chi connectivity index (χ0) is 22.5. The van der Waals surface area contributed by atoms with E-state index in [0.29, 0.717) is 5.70 Å². The Morgan fingerprint density at radius 2 is 1.55 bits per heavy atom. The number of amides is 1. The molecule has 0 saturated carbocycles. The lowest BCUT2D eigenvalue weighted by molar-refractivity contribution is -0.114. The number of rotatable bonds is 4. The van der Waals surface area contributed by atoms with Crippen molar-refractivity contribution in [2.45, 2.75) is 32.7 Å². The van der Waals surface area contributed by atoms with Crippen molar-refractivity contribution in [3.05, 3.63) is 118 Å². The maximum Gasteiger partial charge on any atom is 0.275 e. The zero-order valence-electron chi connectivity index (χ0n) is 18.9. The smallest absolute Gasteiger partial charge is 0.275 e. The summed E-state index contributed by atoms with van der Waals surface area (Å²) in [6.45, 7) is 4.13. The van der Waals surface area contributed by atoms with Gasteiger partial charge in [-0.05, 0) is 95.6 Å². The van der Waals surface area contributed by atoms with E-state index in [4.69, 9.17) is 0 Å². The number of carbonyl (C=O) groups is 1. The molecule has 162 valence electrons. The van der Waals surface area contributed by atoms with Crippen LogP contribution in [0.5, 0.6) is 0 Å². The Balaban J connectivity index is 1.50. The molecule has 4 aromatic carbocycles. The van der Waals surface area contributed by atoms with Gasteiger partial charge in [0.05, 0.1) is 6.04 Å². The second kappa shape index (κ2) is 7.63. The molecule has 0 saturated heterocycles. The van der Waals surface area contributed by atoms with Crippen LogP contribution >= 0.6 is 0 Å². The summed E-state index contributed by atoms with van der Waals surface area (Å²) < 4.78 is 0. The van der Waals surface area contributed by atoms with E-state index < -0.39 is 0 Å². The molecule has 1 amide bonds. The molecule has 0 bridgehead atoms. The van der Waals surface area contributed by atoms with Gasteiger partial charge in [0.25, 0.3) is 5.91 Å². The highest BCUT2D eigenvalue weighted by Crippen LogP contribution is 2.41. The summed E-state index contributed by atoms with van der Waals surface area (Å²) >= 11 is 0. The third-order valence-corrected chi connectivity index (χ3v) is 6.86. The second-order valence-corrected chi connectivity index (χ2v) is 9.19. The van der Waals surface area contributed by atoms with Crippen molar-refractivity contribution in [3.8, 4) is 0 Å². The van der Waals surface area contributed by atoms with Gasteiger partial charge in [-0.3, -0.25) is 9.69 Å². The van der Waals surface area contributed by atoms with Crippen LogP contribution in [0.4, 0.5) is 11.4 Å². The largest absolute Gasteiger partial charge is 0.351 e. The number of carbonyl (C=O) groups excluding carboxylic acids is 1. The lowest BCUT2D eigenvalue weighted by Crippen LogP contribution is -2.31. The number of benzene rings is 4. The molecule has 0 radical (unpaired) electrons. The SMILES string of the molecule is Cc1cccc(NC2=CC(c3ccc4c5c(cccc35)CC4)N(c3cccc(C)c3)C2=O)c1. The molecule has 1 aliphatic heterocycles. The monoisotopic (exact) mass is 430 g/mol. The van der Waals surface area contributed by atoms with Crippen molar-refractivity contribution in [2.24, 2.45) is 0 Å². The third kappa shape index (κ3) is 3.32. The number of hydrogen-bond donors (Lipinski definition) is 1. The van der Waals surface area contributed by atoms with Gasteiger partial charge in [-0.15, -0.1) is 0 Å². The van der Waals surface area contributed by atoms with Crippen LogP contribution in [-0.2, 0) is 17.6 Å². The van der Waals surface area contributed by atoms with Crippen LogP contribution in [0, 0.1) is 13.8 Å². The van der Waals surface area contributed by atoms with Gasteiger partial charge in [-0.25, -0.2) is 0 Å². The van der Waals surface area contributed by atoms with Crippen LogP contribution in [-0.4, -0.2) is 5.91 Å². The van der Waals surface area contributed by atoms with Gasteiger partial charge in [0.15, 0.2) is 0 Å². The van der Waals surface area contributed by atoms with E-state index >= 15 is 0 Å². The van der Waals surface area contributed by atoms with Crippen molar-refractivity contribution >= 4 is 28.1 Å². The topological polar surface area (TPSA) is 32.3 Å². The molecule has 1 aliphatic carbocycles. The second-order valence-electron chi connectivity index (χ2n) is 9.19. The average molecular weight is 431 g/mol. The molecule has 0 spiro atoms. The number of nitrogens with one attached hydrogen (secondary N) is 1. The molecule has 1 N–H and O–H groups in total. The molecule has 1 unspecified atom stereocenters. The fourth-order valence-electron chi connectivity index (χ4n) is 5.35. The number of anilines is 2. The van der Waals surface area contributed by atoms with E-state index in [1.165, 1.54) is 27.5 Å². The van der Waals surface area contributed by atoms with Crippen molar-refractivity contribution in [2.75, 3.05) is 10.2 Å². The molecule has 4 aromatic rings. The van der Waals surface area contributed by atoms with E-state index in [9.17, 15) is 4.79 Å². The van der Waals surface area contributed by atoms with Gasteiger partial charge in [0.1, 0.15) is 5.70 Å². The van der Waals surface area contributed by atoms with Gasteiger partial charge in [0, 0.05) is 11.4 Å². The Hall–Kier alpha value is -3.85. The van der Waals surface area contributed by atoms with Gasteiger partial charge in [-0.2, -0.15) is 0 Å². The summed E-state index contributed by atoms with van der Waals surface area (Å²) in [4.78, 5) is 15.7. The van der Waals surface area contributed by atoms with Crippen LogP contribution < -0.4 is 10.2 Å². The molecule has 3 nitrogen and oxygen atoms in total. The van der Waals surface area contributed by atoms with Crippen LogP contribution in [0.25, 0.3) is 10.8 Å². The highest BCUT2D eigenvalue weighted by atomic mass is 16.2. The highest BCUT2D eigenvalue weighted by Gasteiger charge is 2.36. The number of aryl methyl sites for hydroxylation is 4. The standard InChI is InChI=1S/C30H26N2O/c1-19-6-3-9-23(16-19)31-27-18-28(32(30(27)33)24-10-4-7-20(2)17-24)25-15-14-22-13-12-21-8-5-11-26(25)29(21)22/h3-11,14-18,28,31H,12-13H2,1-2H3. The lowest BCUT2D eigenvalue weighted by Gasteiger charge is -2.27. The minimum Gasteiger partial charge on any atom is -0.351 e. The first kappa shape index (κ1) is 19.8. The summed E-state index contributed by atoms with van der Waals surface area (Å²) in [6.07, 6.45) is 4.28. The molecule has 1 heterocycles. The Bertz CT molecular complexity index is 1440. The molecule has 3 heteroatoms. The van der Waals surface area contributed by atoms with Crippen molar-refractivity contribution in [3.63, 3.8) is 0 Å². The first-order valence-electron chi connectivity index (χ1n) is 11.6. The van der Waals surface area contributed by atoms with Crippen molar-refractivity contribution in [1.82, 2.24) is 0 Å². The first-order chi connectivity index (χ1) is 16.1. The number of hydrogen-bond acceptors (Lipinski definition) is 2.